The third-order valence-electron chi connectivity index (χ3n) is 5.06. The van der Waals surface area contributed by atoms with Gasteiger partial charge in [0.05, 0.1) is 12.1 Å². The summed E-state index contributed by atoms with van der Waals surface area (Å²) < 4.78 is 5.68. The first-order valence-electron chi connectivity index (χ1n) is 10.1. The van der Waals surface area contributed by atoms with E-state index in [-0.39, 0.29) is 24.5 Å². The van der Waals surface area contributed by atoms with Gasteiger partial charge in [0, 0.05) is 21.8 Å². The summed E-state index contributed by atoms with van der Waals surface area (Å²) in [6.07, 6.45) is 0.0432. The first-order valence-corrected chi connectivity index (χ1v) is 10.5. The largest absolute Gasteiger partial charge is 0.491 e. The Labute approximate surface area is 186 Å². The number of rotatable bonds is 4. The van der Waals surface area contributed by atoms with Crippen LogP contribution in [-0.2, 0) is 4.79 Å². The number of carbonyl (C=O) groups excluding carboxylic acids is 2. The number of amides is 2. The molecule has 0 aliphatic carbocycles. The highest BCUT2D eigenvalue weighted by Crippen LogP contribution is 2.37. The van der Waals surface area contributed by atoms with Gasteiger partial charge in [0.15, 0.2) is 0 Å². The fraction of sp³-hybridized carbons (Fsp3) is 0.200. The van der Waals surface area contributed by atoms with Crippen molar-refractivity contribution in [2.75, 3.05) is 11.9 Å². The molecule has 6 heteroatoms. The lowest BCUT2D eigenvalue weighted by molar-refractivity contribution is -0.117. The third-order valence-corrected chi connectivity index (χ3v) is 5.29. The lowest BCUT2D eigenvalue weighted by atomic mass is 9.95. The summed E-state index contributed by atoms with van der Waals surface area (Å²) in [4.78, 5) is 27.9. The van der Waals surface area contributed by atoms with E-state index in [1.54, 1.807) is 41.3 Å². The maximum absolute atomic E-state index is 13.6. The number of fused-ring (bicyclic) bond motifs is 1. The van der Waals surface area contributed by atoms with Gasteiger partial charge >= 0.3 is 0 Å². The molecule has 1 aliphatic heterocycles. The minimum absolute atomic E-state index is 0.0432. The Morgan fingerprint density at radius 3 is 2.45 bits per heavy atom. The summed E-state index contributed by atoms with van der Waals surface area (Å²) >= 11 is 6.17. The van der Waals surface area contributed by atoms with Gasteiger partial charge in [0.2, 0.25) is 5.91 Å². The standard InChI is InChI=1S/C25H23ClN2O3/c1-16(2)31-20-11-8-18(9-12-20)25(30)28-15-23(29)27-22-14-19(26)10-13-21(22)24(28)17-6-4-3-5-7-17/h3-14,16,24H,15H2,1-2H3,(H,27,29). The van der Waals surface area contributed by atoms with Gasteiger partial charge in [-0.1, -0.05) is 48.0 Å². The van der Waals surface area contributed by atoms with Crippen molar-refractivity contribution >= 4 is 29.1 Å². The fourth-order valence-electron chi connectivity index (χ4n) is 3.78. The molecule has 158 valence electrons. The molecule has 3 aromatic carbocycles. The Bertz CT molecular complexity index is 1100. The zero-order valence-electron chi connectivity index (χ0n) is 17.3. The van der Waals surface area contributed by atoms with Crippen LogP contribution in [0.5, 0.6) is 5.75 Å². The number of benzene rings is 3. The van der Waals surface area contributed by atoms with E-state index in [0.29, 0.717) is 22.0 Å². The smallest absolute Gasteiger partial charge is 0.255 e. The van der Waals surface area contributed by atoms with Crippen LogP contribution in [0, 0.1) is 0 Å². The Morgan fingerprint density at radius 2 is 1.77 bits per heavy atom. The van der Waals surface area contributed by atoms with E-state index in [0.717, 1.165) is 11.1 Å². The molecule has 0 radical (unpaired) electrons. The molecule has 1 aliphatic rings. The van der Waals surface area contributed by atoms with Gasteiger partial charge in [-0.3, -0.25) is 9.59 Å². The van der Waals surface area contributed by atoms with Crippen molar-refractivity contribution in [1.82, 2.24) is 4.90 Å². The van der Waals surface area contributed by atoms with Crippen LogP contribution in [0.1, 0.15) is 41.4 Å². The van der Waals surface area contributed by atoms with Gasteiger partial charge in [0.25, 0.3) is 5.91 Å². The van der Waals surface area contributed by atoms with E-state index < -0.39 is 6.04 Å². The van der Waals surface area contributed by atoms with E-state index in [1.165, 1.54) is 0 Å². The zero-order chi connectivity index (χ0) is 22.0. The lowest BCUT2D eigenvalue weighted by Crippen LogP contribution is -2.38. The number of hydrogen-bond donors (Lipinski definition) is 1. The quantitative estimate of drug-likeness (QED) is 0.605. The Hall–Kier alpha value is -3.31. The topological polar surface area (TPSA) is 58.6 Å². The maximum atomic E-state index is 13.6. The first-order chi connectivity index (χ1) is 14.9. The van der Waals surface area contributed by atoms with Crippen LogP contribution in [0.4, 0.5) is 5.69 Å². The molecule has 0 saturated heterocycles. The van der Waals surface area contributed by atoms with Crippen LogP contribution in [0.15, 0.2) is 72.8 Å². The highest BCUT2D eigenvalue weighted by molar-refractivity contribution is 6.31. The summed E-state index contributed by atoms with van der Waals surface area (Å²) in [7, 11) is 0. The Morgan fingerprint density at radius 1 is 1.06 bits per heavy atom. The fourth-order valence-corrected chi connectivity index (χ4v) is 3.95. The van der Waals surface area contributed by atoms with Crippen molar-refractivity contribution in [1.29, 1.82) is 0 Å². The summed E-state index contributed by atoms with van der Waals surface area (Å²) in [5.74, 6) is 0.192. The predicted molar refractivity (Wildman–Crippen MR) is 122 cm³/mol. The third kappa shape index (κ3) is 4.57. The average Bonchev–Trinajstić information content (AvgIpc) is 2.89. The van der Waals surface area contributed by atoms with Crippen LogP contribution >= 0.6 is 11.6 Å². The molecule has 4 rings (SSSR count). The van der Waals surface area contributed by atoms with E-state index in [1.807, 2.05) is 50.2 Å². The van der Waals surface area contributed by atoms with Crippen LogP contribution in [0.2, 0.25) is 5.02 Å². The van der Waals surface area contributed by atoms with E-state index in [2.05, 4.69) is 5.32 Å². The van der Waals surface area contributed by atoms with Gasteiger partial charge in [-0.05, 0) is 55.8 Å². The van der Waals surface area contributed by atoms with Crippen LogP contribution in [-0.4, -0.2) is 29.4 Å². The van der Waals surface area contributed by atoms with Crippen molar-refractivity contribution in [3.63, 3.8) is 0 Å². The molecule has 0 aromatic heterocycles. The molecule has 5 nitrogen and oxygen atoms in total. The zero-order valence-corrected chi connectivity index (χ0v) is 18.1. The molecule has 1 N–H and O–H groups in total. The molecule has 1 atom stereocenters. The molecular weight excluding hydrogens is 412 g/mol. The highest BCUT2D eigenvalue weighted by atomic mass is 35.5. The van der Waals surface area contributed by atoms with Gasteiger partial charge in [-0.15, -0.1) is 0 Å². The Kier molecular flexibility index (Phi) is 5.96. The second kappa shape index (κ2) is 8.82. The van der Waals surface area contributed by atoms with Gasteiger partial charge in [0.1, 0.15) is 12.3 Å². The van der Waals surface area contributed by atoms with Crippen molar-refractivity contribution in [2.45, 2.75) is 26.0 Å². The number of nitrogens with zero attached hydrogens (tertiary/aromatic N) is 1. The number of anilines is 1. The maximum Gasteiger partial charge on any atom is 0.255 e. The van der Waals surface area contributed by atoms with Gasteiger partial charge < -0.3 is 15.0 Å². The molecular formula is C25H23ClN2O3. The number of halogens is 1. The van der Waals surface area contributed by atoms with E-state index >= 15 is 0 Å². The summed E-state index contributed by atoms with van der Waals surface area (Å²) in [6, 6.07) is 21.6. The van der Waals surface area contributed by atoms with Crippen molar-refractivity contribution < 1.29 is 14.3 Å². The molecule has 1 unspecified atom stereocenters. The summed E-state index contributed by atoms with van der Waals surface area (Å²) in [5, 5.41) is 3.41. The van der Waals surface area contributed by atoms with Crippen LogP contribution in [0.25, 0.3) is 0 Å². The predicted octanol–water partition coefficient (Wildman–Crippen LogP) is 5.31. The minimum atomic E-state index is -0.438. The van der Waals surface area contributed by atoms with Crippen molar-refractivity contribution in [2.24, 2.45) is 0 Å². The highest BCUT2D eigenvalue weighted by Gasteiger charge is 2.34. The monoisotopic (exact) mass is 434 g/mol. The molecule has 1 heterocycles. The average molecular weight is 435 g/mol. The Balaban J connectivity index is 1.77. The van der Waals surface area contributed by atoms with E-state index in [9.17, 15) is 9.59 Å². The van der Waals surface area contributed by atoms with Crippen LogP contribution < -0.4 is 10.1 Å². The number of hydrogen-bond acceptors (Lipinski definition) is 3. The molecule has 0 fully saturated rings. The van der Waals surface area contributed by atoms with E-state index in [4.69, 9.17) is 16.3 Å². The number of carbonyl (C=O) groups is 2. The van der Waals surface area contributed by atoms with Crippen molar-refractivity contribution in [3.8, 4) is 5.75 Å². The second-order valence-electron chi connectivity index (χ2n) is 7.72. The molecule has 2 amide bonds. The lowest BCUT2D eigenvalue weighted by Gasteiger charge is -2.30. The second-order valence-corrected chi connectivity index (χ2v) is 8.15. The van der Waals surface area contributed by atoms with Gasteiger partial charge in [-0.2, -0.15) is 0 Å². The molecule has 31 heavy (non-hydrogen) atoms. The molecule has 0 bridgehead atoms. The molecule has 0 spiro atoms. The summed E-state index contributed by atoms with van der Waals surface area (Å²) in [6.45, 7) is 3.82. The summed E-state index contributed by atoms with van der Waals surface area (Å²) in [5.41, 5.74) is 2.83. The first kappa shape index (κ1) is 20.9. The SMILES string of the molecule is CC(C)Oc1ccc(C(=O)N2CC(=O)Nc3cc(Cl)ccc3C2c2ccccc2)cc1. The van der Waals surface area contributed by atoms with Crippen molar-refractivity contribution in [3.05, 3.63) is 94.5 Å². The minimum Gasteiger partial charge on any atom is -0.491 e. The van der Waals surface area contributed by atoms with Gasteiger partial charge in [-0.25, -0.2) is 0 Å². The number of ether oxygens (including phenoxy) is 1. The number of nitrogens with one attached hydrogen (secondary N) is 1. The van der Waals surface area contributed by atoms with Crippen LogP contribution in [0.3, 0.4) is 0 Å². The molecule has 3 aromatic rings. The normalized spacial score (nSPS) is 15.8. The molecule has 0 saturated carbocycles.